The number of hydrogen-bond acceptors (Lipinski definition) is 13. The summed E-state index contributed by atoms with van der Waals surface area (Å²) in [5.41, 5.74) is -2.03. The van der Waals surface area contributed by atoms with Crippen LogP contribution in [0.1, 0.15) is 81.1 Å². The van der Waals surface area contributed by atoms with Gasteiger partial charge in [0.15, 0.2) is 12.9 Å². The van der Waals surface area contributed by atoms with Crippen LogP contribution in [0.3, 0.4) is 0 Å². The van der Waals surface area contributed by atoms with Gasteiger partial charge in [-0.3, -0.25) is 14.4 Å². The highest BCUT2D eigenvalue weighted by molar-refractivity contribution is 5.87. The Morgan fingerprint density at radius 3 is 2.42 bits per heavy atom. The van der Waals surface area contributed by atoms with E-state index in [1.54, 1.807) is 13.8 Å². The van der Waals surface area contributed by atoms with Gasteiger partial charge < -0.3 is 43.3 Å². The van der Waals surface area contributed by atoms with Crippen molar-refractivity contribution in [2.45, 2.75) is 135 Å². The largest absolute Gasteiger partial charge is 0.458 e. The predicted molar refractivity (Wildman–Crippen MR) is 183 cm³/mol. The second kappa shape index (κ2) is 16.4. The van der Waals surface area contributed by atoms with Crippen LogP contribution < -0.4 is 0 Å². The number of oxime groups is 1. The topological polar surface area (TPSA) is 152 Å². The first-order chi connectivity index (χ1) is 23.5. The number of esters is 2. The molecule has 1 N–H and O–H groups in total. The van der Waals surface area contributed by atoms with Crippen LogP contribution in [-0.2, 0) is 47.6 Å². The number of aliphatic hydroxyl groups is 1. The number of ketones is 1. The van der Waals surface area contributed by atoms with Crippen LogP contribution >= 0.6 is 0 Å². The molecule has 13 heteroatoms. The summed E-state index contributed by atoms with van der Waals surface area (Å²) in [6.45, 7) is 14.5. The quantitative estimate of drug-likeness (QED) is 0.187. The third-order valence-corrected chi connectivity index (χ3v) is 11.3. The van der Waals surface area contributed by atoms with Crippen LogP contribution in [0.25, 0.3) is 0 Å². The Labute approximate surface area is 297 Å². The van der Waals surface area contributed by atoms with Crippen molar-refractivity contribution in [2.75, 3.05) is 33.9 Å². The summed E-state index contributed by atoms with van der Waals surface area (Å²) >= 11 is 0. The third-order valence-electron chi connectivity index (χ3n) is 11.3. The molecule has 2 bridgehead atoms. The lowest BCUT2D eigenvalue weighted by molar-refractivity contribution is -0.302. The molecular weight excluding hydrogens is 648 g/mol. The van der Waals surface area contributed by atoms with Crippen molar-refractivity contribution < 1.29 is 52.7 Å². The number of rotatable bonds is 6. The van der Waals surface area contributed by atoms with Gasteiger partial charge in [0.2, 0.25) is 0 Å². The number of likely N-dealkylation sites (N-methyl/N-ethyl adjacent to an activating group) is 1. The molecule has 14 atom stereocenters. The Morgan fingerprint density at radius 2 is 1.78 bits per heavy atom. The molecule has 0 aromatic heterocycles. The van der Waals surface area contributed by atoms with Crippen molar-refractivity contribution in [2.24, 2.45) is 34.7 Å². The van der Waals surface area contributed by atoms with Gasteiger partial charge in [0.05, 0.1) is 49.5 Å². The minimum atomic E-state index is -1.21. The van der Waals surface area contributed by atoms with Crippen LogP contribution in [-0.4, -0.2) is 121 Å². The molecule has 0 saturated carbocycles. The fourth-order valence-electron chi connectivity index (χ4n) is 8.57. The second-order valence-electron chi connectivity index (χ2n) is 15.4. The number of aliphatic hydroxyl groups excluding tert-OH is 1. The maximum Gasteiger partial charge on any atom is 0.311 e. The highest BCUT2D eigenvalue weighted by atomic mass is 16.7. The lowest BCUT2D eigenvalue weighted by Gasteiger charge is -2.48. The summed E-state index contributed by atoms with van der Waals surface area (Å²) in [6.07, 6.45) is 1.80. The van der Waals surface area contributed by atoms with Gasteiger partial charge >= 0.3 is 11.9 Å². The number of Topliss-reactive ketones (excluding diaryl/α,β-unsaturated/α-hetero) is 1. The van der Waals surface area contributed by atoms with Gasteiger partial charge in [0.1, 0.15) is 29.3 Å². The summed E-state index contributed by atoms with van der Waals surface area (Å²) in [5, 5.41) is 15.7. The zero-order chi connectivity index (χ0) is 37.1. The van der Waals surface area contributed by atoms with Gasteiger partial charge in [0.25, 0.3) is 0 Å². The van der Waals surface area contributed by atoms with E-state index >= 15 is 0 Å². The molecule has 0 radical (unpaired) electrons. The van der Waals surface area contributed by atoms with Gasteiger partial charge in [-0.05, 0) is 61.1 Å². The zero-order valence-corrected chi connectivity index (χ0v) is 31.4. The van der Waals surface area contributed by atoms with E-state index in [1.165, 1.54) is 0 Å². The number of carbonyl (C=O) groups excluding carboxylic acids is 3. The molecule has 0 aliphatic carbocycles. The maximum atomic E-state index is 14.4. The first-order valence-corrected chi connectivity index (χ1v) is 17.9. The van der Waals surface area contributed by atoms with Crippen molar-refractivity contribution in [1.29, 1.82) is 0 Å². The van der Waals surface area contributed by atoms with E-state index in [1.807, 2.05) is 60.5 Å². The Hall–Kier alpha value is -2.60. The Bertz CT molecular complexity index is 1300. The smallest absolute Gasteiger partial charge is 0.311 e. The predicted octanol–water partition coefficient (Wildman–Crippen LogP) is 3.14. The van der Waals surface area contributed by atoms with Gasteiger partial charge in [-0.25, -0.2) is 0 Å². The van der Waals surface area contributed by atoms with Crippen molar-refractivity contribution >= 4 is 23.4 Å². The highest BCUT2D eigenvalue weighted by Crippen LogP contribution is 2.46. The SMILES string of the molecule is C#CCO/N=C1/CO[C@H]2[C@H](C)[C@@H](O[C@@H]3O[C@H](C)C[C@H](N(C)C)[C@H]3O)[C@@](C)(C[C@@H](C)C(=O)[C@H](C)[C@@H]3CC(=O)O[C@]3(C)[C@@H](CC)OC(=O)[C@@H]2C)OC1. The minimum Gasteiger partial charge on any atom is -0.458 e. The van der Waals surface area contributed by atoms with E-state index < -0.39 is 83.4 Å². The highest BCUT2D eigenvalue weighted by Gasteiger charge is 2.57. The minimum absolute atomic E-state index is 0.0294. The molecule has 0 aromatic rings. The summed E-state index contributed by atoms with van der Waals surface area (Å²) in [6, 6.07) is -0.244. The maximum absolute atomic E-state index is 14.4. The van der Waals surface area contributed by atoms with Crippen LogP contribution in [0, 0.1) is 41.9 Å². The van der Waals surface area contributed by atoms with Crippen LogP contribution in [0.5, 0.6) is 0 Å². The number of nitrogens with zero attached hydrogens (tertiary/aromatic N) is 2. The molecule has 4 saturated heterocycles. The van der Waals surface area contributed by atoms with Crippen molar-refractivity contribution in [3.8, 4) is 12.3 Å². The van der Waals surface area contributed by atoms with Crippen molar-refractivity contribution in [1.82, 2.24) is 4.90 Å². The van der Waals surface area contributed by atoms with E-state index in [0.29, 0.717) is 18.6 Å². The fourth-order valence-corrected chi connectivity index (χ4v) is 8.57. The first-order valence-electron chi connectivity index (χ1n) is 17.9. The van der Waals surface area contributed by atoms with Gasteiger partial charge in [-0.1, -0.05) is 38.8 Å². The normalized spacial score (nSPS) is 44.3. The molecule has 4 fully saturated rings. The van der Waals surface area contributed by atoms with E-state index in [0.717, 1.165) is 0 Å². The molecule has 4 aliphatic rings. The van der Waals surface area contributed by atoms with E-state index in [-0.39, 0.29) is 50.6 Å². The average molecular weight is 707 g/mol. The molecule has 0 unspecified atom stereocenters. The molecule has 282 valence electrons. The number of carbonyl (C=O) groups is 3. The lowest BCUT2D eigenvalue weighted by Crippen LogP contribution is -2.60. The molecule has 0 amide bonds. The van der Waals surface area contributed by atoms with Gasteiger partial charge in [0, 0.05) is 29.7 Å². The van der Waals surface area contributed by atoms with E-state index in [4.69, 9.17) is 39.7 Å². The molecule has 50 heavy (non-hydrogen) atoms. The Kier molecular flexibility index (Phi) is 13.2. The zero-order valence-electron chi connectivity index (χ0n) is 31.4. The number of terminal acetylenes is 1. The van der Waals surface area contributed by atoms with Gasteiger partial charge in [-0.15, -0.1) is 6.42 Å². The molecule has 4 heterocycles. The Morgan fingerprint density at radius 1 is 1.08 bits per heavy atom. The summed E-state index contributed by atoms with van der Waals surface area (Å²) in [5.74, 6) is -1.81. The fraction of sp³-hybridized carbons (Fsp3) is 0.838. The molecule has 13 nitrogen and oxygen atoms in total. The second-order valence-corrected chi connectivity index (χ2v) is 15.4. The van der Waals surface area contributed by atoms with Crippen molar-refractivity contribution in [3.63, 3.8) is 0 Å². The van der Waals surface area contributed by atoms with Crippen molar-refractivity contribution in [3.05, 3.63) is 0 Å². The summed E-state index contributed by atoms with van der Waals surface area (Å²) in [7, 11) is 3.80. The Balaban J connectivity index is 1.87. The number of hydrogen-bond donors (Lipinski definition) is 1. The molecule has 0 spiro atoms. The number of ether oxygens (including phenoxy) is 6. The van der Waals surface area contributed by atoms with E-state index in [9.17, 15) is 19.5 Å². The summed E-state index contributed by atoms with van der Waals surface area (Å²) < 4.78 is 38.4. The standard InChI is InChI=1S/C37H58N2O11/c1-12-14-46-38-25-18-44-32-23(6)33(49-35-31(42)27(39(10)11)15-21(4)47-35)36(8,45-19-25)17-20(3)30(41)22(5)26-16-29(40)50-37(26,9)28(13-2)48-34(43)24(32)7/h1,20-24,26-28,31-33,35,42H,13-19H2,2-11H3/b38-25-/t20-,21-,22-,23+,24-,26+,27+,28-,31-,32+,33-,35+,36-,37+/m1/s1. The molecule has 0 aromatic carbocycles. The number of cyclic esters (lactones) is 1. The molecule has 4 rings (SSSR count). The van der Waals surface area contributed by atoms with Gasteiger partial charge in [-0.2, -0.15) is 0 Å². The number of fused-ring (bicyclic) bond motifs is 4. The monoisotopic (exact) mass is 706 g/mol. The molecule has 4 aliphatic heterocycles. The lowest BCUT2D eigenvalue weighted by atomic mass is 9.70. The molecular formula is C37H58N2O11. The van der Waals surface area contributed by atoms with Crippen LogP contribution in [0.15, 0.2) is 5.16 Å². The summed E-state index contributed by atoms with van der Waals surface area (Å²) in [4.78, 5) is 48.6. The third kappa shape index (κ3) is 8.37. The first kappa shape index (κ1) is 40.2. The van der Waals surface area contributed by atoms with Crippen LogP contribution in [0.4, 0.5) is 0 Å². The van der Waals surface area contributed by atoms with E-state index in [2.05, 4.69) is 11.1 Å². The average Bonchev–Trinajstić information content (AvgIpc) is 3.39. The van der Waals surface area contributed by atoms with Crippen LogP contribution in [0.2, 0.25) is 0 Å².